The minimum Gasteiger partial charge on any atom is -0.480 e. The Labute approximate surface area is 127 Å². The highest BCUT2D eigenvalue weighted by Gasteiger charge is 2.11. The van der Waals surface area contributed by atoms with E-state index in [-0.39, 0.29) is 6.54 Å². The maximum Gasteiger partial charge on any atom is 0.323 e. The first-order valence-corrected chi connectivity index (χ1v) is 7.12. The minimum atomic E-state index is -0.833. The zero-order valence-corrected chi connectivity index (χ0v) is 12.8. The second kappa shape index (κ2) is 6.57. The number of rotatable bonds is 5. The van der Waals surface area contributed by atoms with Crippen molar-refractivity contribution in [2.24, 2.45) is 0 Å². The van der Waals surface area contributed by atoms with Gasteiger partial charge in [-0.25, -0.2) is 0 Å². The largest absolute Gasteiger partial charge is 0.480 e. The summed E-state index contributed by atoms with van der Waals surface area (Å²) in [4.78, 5) is 12.9. The van der Waals surface area contributed by atoms with Crippen molar-refractivity contribution in [3.63, 3.8) is 0 Å². The first-order chi connectivity index (χ1) is 9.56. The van der Waals surface area contributed by atoms with Crippen molar-refractivity contribution in [1.29, 1.82) is 0 Å². The number of hydrogen-bond donors (Lipinski definition) is 1. The summed E-state index contributed by atoms with van der Waals surface area (Å²) in [7, 11) is 0. The number of aryl methyl sites for hydroxylation is 1. The fourth-order valence-electron chi connectivity index (χ4n) is 2.00. The summed E-state index contributed by atoms with van der Waals surface area (Å²) < 4.78 is 1.04. The highest BCUT2D eigenvalue weighted by atomic mass is 79.9. The van der Waals surface area contributed by atoms with Crippen LogP contribution in [-0.2, 0) is 11.3 Å². The van der Waals surface area contributed by atoms with E-state index in [1.807, 2.05) is 60.4 Å². The summed E-state index contributed by atoms with van der Waals surface area (Å²) in [6.45, 7) is 2.57. The number of nitrogens with zero attached hydrogens (tertiary/aromatic N) is 1. The van der Waals surface area contributed by atoms with Gasteiger partial charge in [-0.05, 0) is 36.2 Å². The molecule has 0 spiro atoms. The lowest BCUT2D eigenvalue weighted by Gasteiger charge is -2.23. The second-order valence-electron chi connectivity index (χ2n) is 4.67. The number of carboxylic acids is 1. The topological polar surface area (TPSA) is 40.5 Å². The summed E-state index contributed by atoms with van der Waals surface area (Å²) in [6.07, 6.45) is 0. The maximum atomic E-state index is 11.0. The van der Waals surface area contributed by atoms with Crippen LogP contribution in [0, 0.1) is 6.92 Å². The first-order valence-electron chi connectivity index (χ1n) is 6.33. The molecule has 0 aromatic heterocycles. The summed E-state index contributed by atoms with van der Waals surface area (Å²) in [5, 5.41) is 9.07. The average molecular weight is 334 g/mol. The number of hydrogen-bond acceptors (Lipinski definition) is 2. The Morgan fingerprint density at radius 1 is 1.20 bits per heavy atom. The van der Waals surface area contributed by atoms with Gasteiger partial charge in [0.05, 0.1) is 0 Å². The van der Waals surface area contributed by atoms with E-state index >= 15 is 0 Å². The molecule has 0 aliphatic heterocycles. The molecule has 104 valence electrons. The predicted molar refractivity (Wildman–Crippen MR) is 84.0 cm³/mol. The van der Waals surface area contributed by atoms with Gasteiger partial charge in [-0.3, -0.25) is 4.79 Å². The summed E-state index contributed by atoms with van der Waals surface area (Å²) in [5.41, 5.74) is 3.15. The summed E-state index contributed by atoms with van der Waals surface area (Å²) in [5.74, 6) is -0.833. The molecule has 0 amide bonds. The van der Waals surface area contributed by atoms with Gasteiger partial charge in [0.25, 0.3) is 0 Å². The number of benzene rings is 2. The van der Waals surface area contributed by atoms with Crippen LogP contribution in [0.25, 0.3) is 0 Å². The molecule has 0 aliphatic rings. The molecule has 0 radical (unpaired) electrons. The molecule has 0 heterocycles. The zero-order chi connectivity index (χ0) is 14.5. The van der Waals surface area contributed by atoms with Gasteiger partial charge >= 0.3 is 5.97 Å². The SMILES string of the molecule is Cc1ccc(CN(CC(=O)O)c2ccccc2)cc1Br. The monoisotopic (exact) mass is 333 g/mol. The van der Waals surface area contributed by atoms with Crippen LogP contribution in [0.4, 0.5) is 5.69 Å². The third kappa shape index (κ3) is 3.84. The number of para-hydroxylation sites is 1. The van der Waals surface area contributed by atoms with Gasteiger partial charge in [0.1, 0.15) is 6.54 Å². The second-order valence-corrected chi connectivity index (χ2v) is 5.52. The quantitative estimate of drug-likeness (QED) is 0.903. The average Bonchev–Trinajstić information content (AvgIpc) is 2.43. The van der Waals surface area contributed by atoms with Crippen molar-refractivity contribution < 1.29 is 9.90 Å². The molecule has 0 aliphatic carbocycles. The van der Waals surface area contributed by atoms with Crippen LogP contribution < -0.4 is 4.90 Å². The van der Waals surface area contributed by atoms with E-state index < -0.39 is 5.97 Å². The maximum absolute atomic E-state index is 11.0. The molecule has 0 saturated carbocycles. The fraction of sp³-hybridized carbons (Fsp3) is 0.188. The van der Waals surface area contributed by atoms with Crippen LogP contribution in [0.5, 0.6) is 0 Å². The smallest absolute Gasteiger partial charge is 0.323 e. The van der Waals surface area contributed by atoms with Gasteiger partial charge in [0.2, 0.25) is 0 Å². The number of halogens is 1. The van der Waals surface area contributed by atoms with Crippen LogP contribution in [0.3, 0.4) is 0 Å². The van der Waals surface area contributed by atoms with Crippen molar-refractivity contribution in [3.8, 4) is 0 Å². The lowest BCUT2D eigenvalue weighted by molar-refractivity contribution is -0.135. The van der Waals surface area contributed by atoms with Crippen molar-refractivity contribution in [2.75, 3.05) is 11.4 Å². The Bertz CT molecular complexity index is 599. The Kier molecular flexibility index (Phi) is 4.79. The number of aliphatic carboxylic acids is 1. The molecule has 4 heteroatoms. The van der Waals surface area contributed by atoms with E-state index in [0.29, 0.717) is 6.54 Å². The molecule has 2 rings (SSSR count). The van der Waals surface area contributed by atoms with E-state index in [0.717, 1.165) is 15.7 Å². The van der Waals surface area contributed by atoms with Crippen LogP contribution >= 0.6 is 15.9 Å². The Hall–Kier alpha value is -1.81. The molecule has 1 N–H and O–H groups in total. The summed E-state index contributed by atoms with van der Waals surface area (Å²) in [6, 6.07) is 15.7. The van der Waals surface area contributed by atoms with Gasteiger partial charge in [0.15, 0.2) is 0 Å². The molecular weight excluding hydrogens is 318 g/mol. The van der Waals surface area contributed by atoms with Crippen molar-refractivity contribution >= 4 is 27.6 Å². The molecule has 0 fully saturated rings. The van der Waals surface area contributed by atoms with Gasteiger partial charge in [-0.15, -0.1) is 0 Å². The molecule has 3 nitrogen and oxygen atoms in total. The third-order valence-electron chi connectivity index (χ3n) is 3.06. The van der Waals surface area contributed by atoms with Crippen molar-refractivity contribution in [1.82, 2.24) is 0 Å². The lowest BCUT2D eigenvalue weighted by Crippen LogP contribution is -2.29. The van der Waals surface area contributed by atoms with Gasteiger partial charge in [0, 0.05) is 16.7 Å². The molecule has 0 atom stereocenters. The van der Waals surface area contributed by atoms with Gasteiger partial charge < -0.3 is 10.0 Å². The Balaban J connectivity index is 2.23. The Morgan fingerprint density at radius 3 is 2.50 bits per heavy atom. The molecule has 0 bridgehead atoms. The Morgan fingerprint density at radius 2 is 1.90 bits per heavy atom. The molecule has 2 aromatic rings. The van der Waals surface area contributed by atoms with E-state index in [2.05, 4.69) is 15.9 Å². The molecule has 0 unspecified atom stereocenters. The van der Waals surface area contributed by atoms with E-state index in [4.69, 9.17) is 5.11 Å². The number of anilines is 1. The van der Waals surface area contributed by atoms with Gasteiger partial charge in [-0.2, -0.15) is 0 Å². The number of carbonyl (C=O) groups is 1. The zero-order valence-electron chi connectivity index (χ0n) is 11.2. The minimum absolute atomic E-state index is 0.0183. The third-order valence-corrected chi connectivity index (χ3v) is 3.91. The molecule has 2 aromatic carbocycles. The van der Waals surface area contributed by atoms with E-state index in [1.165, 1.54) is 5.56 Å². The standard InChI is InChI=1S/C16H16BrNO2/c1-12-7-8-13(9-15(12)17)10-18(11-16(19)20)14-5-3-2-4-6-14/h2-9H,10-11H2,1H3,(H,19,20). The lowest BCUT2D eigenvalue weighted by atomic mass is 10.1. The van der Waals surface area contributed by atoms with Crippen LogP contribution in [0.15, 0.2) is 53.0 Å². The van der Waals surface area contributed by atoms with Crippen molar-refractivity contribution in [2.45, 2.75) is 13.5 Å². The van der Waals surface area contributed by atoms with Crippen LogP contribution in [-0.4, -0.2) is 17.6 Å². The highest BCUT2D eigenvalue weighted by Crippen LogP contribution is 2.21. The van der Waals surface area contributed by atoms with E-state index in [9.17, 15) is 4.79 Å². The summed E-state index contributed by atoms with van der Waals surface area (Å²) >= 11 is 3.51. The van der Waals surface area contributed by atoms with Gasteiger partial charge in [-0.1, -0.05) is 46.3 Å². The number of carboxylic acid groups (broad SMARTS) is 1. The van der Waals surface area contributed by atoms with Crippen LogP contribution in [0.2, 0.25) is 0 Å². The van der Waals surface area contributed by atoms with E-state index in [1.54, 1.807) is 0 Å². The van der Waals surface area contributed by atoms with Crippen LogP contribution in [0.1, 0.15) is 11.1 Å². The predicted octanol–water partition coefficient (Wildman–Crippen LogP) is 3.85. The fourth-order valence-corrected chi connectivity index (χ4v) is 2.42. The van der Waals surface area contributed by atoms with Crippen molar-refractivity contribution in [3.05, 3.63) is 64.1 Å². The highest BCUT2D eigenvalue weighted by molar-refractivity contribution is 9.10. The molecular formula is C16H16BrNO2. The normalized spacial score (nSPS) is 10.3. The molecule has 0 saturated heterocycles. The molecule has 20 heavy (non-hydrogen) atoms. The first kappa shape index (κ1) is 14.6.